The molecule has 4 rings (SSSR count). The molecule has 0 unspecified atom stereocenters. The van der Waals surface area contributed by atoms with Gasteiger partial charge in [0.15, 0.2) is 5.78 Å². The van der Waals surface area contributed by atoms with Gasteiger partial charge in [0, 0.05) is 26.2 Å². The van der Waals surface area contributed by atoms with Gasteiger partial charge in [0.2, 0.25) is 0 Å². The number of ketones is 1. The number of allylic oxidation sites excluding steroid dienone is 2. The Morgan fingerprint density at radius 1 is 1.14 bits per heavy atom. The van der Waals surface area contributed by atoms with Gasteiger partial charge in [-0.1, -0.05) is 50.1 Å². The summed E-state index contributed by atoms with van der Waals surface area (Å²) in [4.78, 5) is 14.9. The van der Waals surface area contributed by atoms with Crippen molar-refractivity contribution in [3.8, 4) is 11.3 Å². The first kappa shape index (κ1) is 22.0. The molecule has 1 aliphatic rings. The largest absolute Gasteiger partial charge is 0.512 e. The van der Waals surface area contributed by atoms with Crippen molar-refractivity contribution in [3.63, 3.8) is 0 Å². The van der Waals surface area contributed by atoms with Gasteiger partial charge in [0.05, 0.1) is 11.3 Å². The minimum atomic E-state index is -0.125. The first-order valence-electron chi connectivity index (χ1n) is 9.14. The number of aliphatic hydroxyl groups is 1. The number of para-hydroxylation sites is 1. The Morgan fingerprint density at radius 3 is 2.50 bits per heavy atom. The van der Waals surface area contributed by atoms with Gasteiger partial charge >= 0.3 is 0 Å². The van der Waals surface area contributed by atoms with E-state index in [4.69, 9.17) is 10.1 Å². The number of benzene rings is 2. The number of aryl methyl sites for hydroxylation is 3. The van der Waals surface area contributed by atoms with Crippen LogP contribution in [0.25, 0.3) is 22.2 Å². The molecule has 1 radical (unpaired) electrons. The number of nitrogens with zero attached hydrogens (tertiary/aromatic N) is 1. The Labute approximate surface area is 179 Å². The van der Waals surface area contributed by atoms with E-state index in [1.54, 1.807) is 0 Å². The van der Waals surface area contributed by atoms with Crippen LogP contribution in [0.2, 0.25) is 0 Å². The van der Waals surface area contributed by atoms with E-state index in [9.17, 15) is 4.79 Å². The molecule has 3 aromatic rings. The fraction of sp³-hybridized carbons (Fsp3) is 0.250. The maximum atomic E-state index is 10.0. The average molecular weight is 551 g/mol. The number of hydrogen-bond acceptors (Lipinski definition) is 3. The predicted octanol–water partition coefficient (Wildman–Crippen LogP) is 5.45. The van der Waals surface area contributed by atoms with Gasteiger partial charge in [-0.3, -0.25) is 9.78 Å². The van der Waals surface area contributed by atoms with Crippen LogP contribution in [0.3, 0.4) is 0 Å². The van der Waals surface area contributed by atoms with Gasteiger partial charge in [-0.05, 0) is 37.4 Å². The van der Waals surface area contributed by atoms with Crippen LogP contribution >= 0.6 is 0 Å². The first-order valence-corrected chi connectivity index (χ1v) is 9.14. The number of carbonyl (C=O) groups is 1. The van der Waals surface area contributed by atoms with Crippen LogP contribution in [0.15, 0.2) is 48.2 Å². The predicted molar refractivity (Wildman–Crippen MR) is 110 cm³/mol. The molecule has 2 aromatic carbocycles. The van der Waals surface area contributed by atoms with Crippen molar-refractivity contribution in [1.29, 1.82) is 0 Å². The third-order valence-electron chi connectivity index (χ3n) is 4.63. The zero-order chi connectivity index (χ0) is 19.6. The normalized spacial score (nSPS) is 12.2. The zero-order valence-electron chi connectivity index (χ0n) is 16.6. The molecule has 0 fully saturated rings. The van der Waals surface area contributed by atoms with Gasteiger partial charge in [0.25, 0.3) is 0 Å². The maximum absolute atomic E-state index is 10.0. The summed E-state index contributed by atoms with van der Waals surface area (Å²) in [5, 5.41) is 9.60. The molecule has 0 atom stereocenters. The Kier molecular flexibility index (Phi) is 7.28. The monoisotopic (exact) mass is 551 g/mol. The van der Waals surface area contributed by atoms with Crippen molar-refractivity contribution in [2.45, 2.75) is 40.5 Å². The molecular formula is C24H24IrNO2-. The number of hydrogen-bond donors (Lipinski definition) is 1. The molecule has 0 amide bonds. The Morgan fingerprint density at radius 2 is 1.86 bits per heavy atom. The van der Waals surface area contributed by atoms with Gasteiger partial charge in [0.1, 0.15) is 0 Å². The molecule has 1 aromatic heterocycles. The summed E-state index contributed by atoms with van der Waals surface area (Å²) in [6.45, 7) is 7.16. The summed E-state index contributed by atoms with van der Waals surface area (Å²) in [7, 11) is 0. The standard InChI is InChI=1S/C19H16N.C5H8O2.Ir/c1-12-9-13(2)16-8-7-15-11-14-5-3-4-6-18(14)20-19(15)17(16)10-12;1-4(6)3-5(2)7;/h3-6,9,11H,7-8H2,1-2H3;3,6H,1-2H3;/q-1;;/b;4-3-;. The van der Waals surface area contributed by atoms with Crippen LogP contribution in [-0.2, 0) is 37.7 Å². The third kappa shape index (κ3) is 4.95. The summed E-state index contributed by atoms with van der Waals surface area (Å²) in [6.07, 6.45) is 3.35. The van der Waals surface area contributed by atoms with E-state index in [1.165, 1.54) is 53.1 Å². The number of pyridine rings is 1. The summed E-state index contributed by atoms with van der Waals surface area (Å²) in [6, 6.07) is 16.4. The Bertz CT molecular complexity index is 1050. The smallest absolute Gasteiger partial charge is 0.155 e. The summed E-state index contributed by atoms with van der Waals surface area (Å²) in [5.41, 5.74) is 8.78. The zero-order valence-corrected chi connectivity index (χ0v) is 19.0. The first-order chi connectivity index (χ1) is 12.8. The average Bonchev–Trinajstić information content (AvgIpc) is 2.59. The van der Waals surface area contributed by atoms with E-state index in [2.05, 4.69) is 56.3 Å². The molecule has 0 saturated carbocycles. The van der Waals surface area contributed by atoms with Gasteiger partial charge in [-0.2, -0.15) is 0 Å². The van der Waals surface area contributed by atoms with E-state index in [0.717, 1.165) is 24.1 Å². The number of carbonyl (C=O) groups excluding carboxylic acids is 1. The van der Waals surface area contributed by atoms with Crippen LogP contribution < -0.4 is 0 Å². The van der Waals surface area contributed by atoms with Crippen molar-refractivity contribution in [2.24, 2.45) is 0 Å². The molecule has 1 heterocycles. The van der Waals surface area contributed by atoms with E-state index in [-0.39, 0.29) is 31.6 Å². The molecule has 4 heteroatoms. The molecule has 0 bridgehead atoms. The fourth-order valence-electron chi connectivity index (χ4n) is 3.56. The van der Waals surface area contributed by atoms with E-state index in [0.29, 0.717) is 0 Å². The second-order valence-electron chi connectivity index (χ2n) is 7.07. The summed E-state index contributed by atoms with van der Waals surface area (Å²) >= 11 is 0. The Balaban J connectivity index is 0.000000306. The molecule has 1 aliphatic carbocycles. The number of aromatic nitrogens is 1. The molecule has 3 nitrogen and oxygen atoms in total. The van der Waals surface area contributed by atoms with Gasteiger partial charge in [-0.25, -0.2) is 0 Å². The van der Waals surface area contributed by atoms with Crippen LogP contribution in [0.5, 0.6) is 0 Å². The summed E-state index contributed by atoms with van der Waals surface area (Å²) in [5.74, 6) is -0.0625. The molecule has 28 heavy (non-hydrogen) atoms. The molecule has 147 valence electrons. The van der Waals surface area contributed by atoms with Crippen molar-refractivity contribution < 1.29 is 30.0 Å². The number of rotatable bonds is 1. The van der Waals surface area contributed by atoms with Crippen molar-refractivity contribution in [3.05, 3.63) is 76.6 Å². The second-order valence-corrected chi connectivity index (χ2v) is 7.07. The van der Waals surface area contributed by atoms with Crippen molar-refractivity contribution in [2.75, 3.05) is 0 Å². The molecular weight excluding hydrogens is 526 g/mol. The van der Waals surface area contributed by atoms with Crippen LogP contribution in [0.4, 0.5) is 0 Å². The van der Waals surface area contributed by atoms with E-state index in [1.807, 2.05) is 0 Å². The molecule has 1 N–H and O–H groups in total. The Hall–Kier alpha value is -2.29. The van der Waals surface area contributed by atoms with Gasteiger partial charge in [-0.15, -0.1) is 34.4 Å². The third-order valence-corrected chi connectivity index (χ3v) is 4.63. The number of fused-ring (bicyclic) bond motifs is 4. The molecule has 0 spiro atoms. The van der Waals surface area contributed by atoms with E-state index < -0.39 is 0 Å². The quantitative estimate of drug-likeness (QED) is 0.249. The minimum Gasteiger partial charge on any atom is -0.512 e. The summed E-state index contributed by atoms with van der Waals surface area (Å²) < 4.78 is 0. The van der Waals surface area contributed by atoms with Crippen LogP contribution in [-0.4, -0.2) is 15.9 Å². The fourth-order valence-corrected chi connectivity index (χ4v) is 3.56. The van der Waals surface area contributed by atoms with Crippen molar-refractivity contribution in [1.82, 2.24) is 4.98 Å². The number of aliphatic hydroxyl groups excluding tert-OH is 1. The van der Waals surface area contributed by atoms with Gasteiger partial charge < -0.3 is 5.11 Å². The maximum Gasteiger partial charge on any atom is 0.155 e. The minimum absolute atomic E-state index is 0. The molecule has 0 saturated heterocycles. The molecule has 0 aliphatic heterocycles. The SMILES string of the molecule is CC(=O)/C=C(/C)O.Cc1[c-]c2c(c(C)c1)CCc1cc3ccccc3nc1-2.[Ir]. The topological polar surface area (TPSA) is 50.2 Å². The van der Waals surface area contributed by atoms with Crippen molar-refractivity contribution >= 4 is 16.7 Å². The van der Waals surface area contributed by atoms with Crippen LogP contribution in [0.1, 0.15) is 36.1 Å². The van der Waals surface area contributed by atoms with E-state index >= 15 is 0 Å². The van der Waals surface area contributed by atoms with Crippen LogP contribution in [0, 0.1) is 19.9 Å². The second kappa shape index (κ2) is 9.27.